The fourth-order valence-electron chi connectivity index (χ4n) is 3.01. The number of aryl methyl sites for hydroxylation is 1. The minimum Gasteiger partial charge on any atom is -0.337 e. The van der Waals surface area contributed by atoms with Crippen molar-refractivity contribution in [1.82, 2.24) is 14.5 Å². The molecule has 4 aromatic rings. The number of aromatic nitrogens is 3. The molecular weight excluding hydrogens is 375 g/mol. The van der Waals surface area contributed by atoms with E-state index in [-0.39, 0.29) is 18.1 Å². The second kappa shape index (κ2) is 8.31. The monoisotopic (exact) mass is 394 g/mol. The van der Waals surface area contributed by atoms with E-state index < -0.39 is 0 Å². The molecule has 142 valence electrons. The quantitative estimate of drug-likeness (QED) is 0.470. The third-order valence-electron chi connectivity index (χ3n) is 4.44. The third kappa shape index (κ3) is 4.26. The summed E-state index contributed by atoms with van der Waals surface area (Å²) in [5.74, 6) is -0.351. The van der Waals surface area contributed by atoms with Crippen LogP contribution in [-0.4, -0.2) is 27.0 Å². The van der Waals surface area contributed by atoms with E-state index in [2.05, 4.69) is 9.97 Å². The normalized spacial score (nSPS) is 11.0. The molecule has 0 aliphatic carbocycles. The molecule has 0 spiro atoms. The van der Waals surface area contributed by atoms with Gasteiger partial charge in [-0.1, -0.05) is 35.6 Å². The zero-order valence-corrected chi connectivity index (χ0v) is 16.0. The number of thiazole rings is 1. The van der Waals surface area contributed by atoms with E-state index in [0.717, 1.165) is 28.7 Å². The molecule has 2 aromatic carbocycles. The van der Waals surface area contributed by atoms with Gasteiger partial charge in [0.2, 0.25) is 5.91 Å². The number of carbonyl (C=O) groups is 1. The van der Waals surface area contributed by atoms with Gasteiger partial charge >= 0.3 is 0 Å². The Morgan fingerprint density at radius 2 is 1.96 bits per heavy atom. The SMILES string of the molecule is O=C(Cc1ccc(F)cc1)N(CCCn1ccnc1)c1nc2ccccc2s1. The lowest BCUT2D eigenvalue weighted by atomic mass is 10.1. The van der Waals surface area contributed by atoms with Gasteiger partial charge in [-0.25, -0.2) is 14.4 Å². The molecule has 0 aliphatic heterocycles. The summed E-state index contributed by atoms with van der Waals surface area (Å²) in [4.78, 5) is 23.5. The van der Waals surface area contributed by atoms with Gasteiger partial charge in [0.05, 0.1) is 23.0 Å². The summed E-state index contributed by atoms with van der Waals surface area (Å²) in [6.45, 7) is 1.32. The van der Waals surface area contributed by atoms with Crippen molar-refractivity contribution in [2.75, 3.05) is 11.4 Å². The fraction of sp³-hybridized carbons (Fsp3) is 0.190. The Morgan fingerprint density at radius 1 is 1.14 bits per heavy atom. The molecule has 2 aromatic heterocycles. The highest BCUT2D eigenvalue weighted by Gasteiger charge is 2.20. The number of imidazole rings is 1. The Hall–Kier alpha value is -3.06. The van der Waals surface area contributed by atoms with Crippen LogP contribution in [0, 0.1) is 5.82 Å². The number of fused-ring (bicyclic) bond motifs is 1. The first-order chi connectivity index (χ1) is 13.7. The van der Waals surface area contributed by atoms with Gasteiger partial charge in [0, 0.05) is 25.5 Å². The maximum absolute atomic E-state index is 13.2. The predicted octanol–water partition coefficient (Wildman–Crippen LogP) is 4.30. The highest BCUT2D eigenvalue weighted by atomic mass is 32.1. The summed E-state index contributed by atoms with van der Waals surface area (Å²) in [6.07, 6.45) is 6.40. The number of para-hydroxylation sites is 1. The van der Waals surface area contributed by atoms with Crippen LogP contribution in [0.25, 0.3) is 10.2 Å². The molecule has 0 unspecified atom stereocenters. The fourth-order valence-corrected chi connectivity index (χ4v) is 4.01. The van der Waals surface area contributed by atoms with Crippen molar-refractivity contribution in [3.63, 3.8) is 0 Å². The zero-order chi connectivity index (χ0) is 19.3. The van der Waals surface area contributed by atoms with Crippen LogP contribution in [0.5, 0.6) is 0 Å². The Morgan fingerprint density at radius 3 is 2.71 bits per heavy atom. The van der Waals surface area contributed by atoms with Crippen LogP contribution in [0.4, 0.5) is 9.52 Å². The molecule has 0 N–H and O–H groups in total. The van der Waals surface area contributed by atoms with E-state index in [0.29, 0.717) is 11.7 Å². The van der Waals surface area contributed by atoms with Gasteiger partial charge in [-0.05, 0) is 36.2 Å². The Balaban J connectivity index is 1.54. The predicted molar refractivity (Wildman–Crippen MR) is 109 cm³/mol. The van der Waals surface area contributed by atoms with E-state index in [1.165, 1.54) is 23.5 Å². The second-order valence-corrected chi connectivity index (χ2v) is 7.48. The molecule has 4 rings (SSSR count). The number of amides is 1. The van der Waals surface area contributed by atoms with Crippen LogP contribution < -0.4 is 4.90 Å². The van der Waals surface area contributed by atoms with Crippen molar-refractivity contribution >= 4 is 32.6 Å². The van der Waals surface area contributed by atoms with Gasteiger partial charge in [-0.15, -0.1) is 0 Å². The molecule has 0 aliphatic rings. The van der Waals surface area contributed by atoms with E-state index in [9.17, 15) is 9.18 Å². The lowest BCUT2D eigenvalue weighted by Gasteiger charge is -2.20. The van der Waals surface area contributed by atoms with Crippen LogP contribution >= 0.6 is 11.3 Å². The minimum atomic E-state index is -0.306. The van der Waals surface area contributed by atoms with Gasteiger partial charge in [-0.3, -0.25) is 9.69 Å². The molecule has 5 nitrogen and oxygen atoms in total. The van der Waals surface area contributed by atoms with Gasteiger partial charge in [0.25, 0.3) is 0 Å². The van der Waals surface area contributed by atoms with Crippen LogP contribution in [0.2, 0.25) is 0 Å². The summed E-state index contributed by atoms with van der Waals surface area (Å²) in [5, 5.41) is 0.693. The molecule has 0 saturated carbocycles. The zero-order valence-electron chi connectivity index (χ0n) is 15.2. The molecule has 0 atom stereocenters. The topological polar surface area (TPSA) is 51.0 Å². The smallest absolute Gasteiger partial charge is 0.233 e. The van der Waals surface area contributed by atoms with Crippen molar-refractivity contribution in [2.45, 2.75) is 19.4 Å². The van der Waals surface area contributed by atoms with Crippen molar-refractivity contribution in [1.29, 1.82) is 0 Å². The first-order valence-corrected chi connectivity index (χ1v) is 9.87. The number of anilines is 1. The van der Waals surface area contributed by atoms with Crippen molar-refractivity contribution in [2.24, 2.45) is 0 Å². The van der Waals surface area contributed by atoms with Crippen LogP contribution in [-0.2, 0) is 17.8 Å². The van der Waals surface area contributed by atoms with E-state index in [1.54, 1.807) is 29.6 Å². The van der Waals surface area contributed by atoms with Crippen LogP contribution in [0.3, 0.4) is 0 Å². The average molecular weight is 394 g/mol. The number of hydrogen-bond acceptors (Lipinski definition) is 4. The van der Waals surface area contributed by atoms with Crippen molar-refractivity contribution < 1.29 is 9.18 Å². The van der Waals surface area contributed by atoms with Gasteiger partial charge in [-0.2, -0.15) is 0 Å². The number of carbonyl (C=O) groups excluding carboxylic acids is 1. The maximum atomic E-state index is 13.2. The van der Waals surface area contributed by atoms with E-state index >= 15 is 0 Å². The lowest BCUT2D eigenvalue weighted by molar-refractivity contribution is -0.118. The molecule has 28 heavy (non-hydrogen) atoms. The summed E-state index contributed by atoms with van der Waals surface area (Å²) < 4.78 is 16.2. The summed E-state index contributed by atoms with van der Waals surface area (Å²) in [7, 11) is 0. The first-order valence-electron chi connectivity index (χ1n) is 9.05. The Kier molecular flexibility index (Phi) is 5.43. The molecule has 0 fully saturated rings. The lowest BCUT2D eigenvalue weighted by Crippen LogP contribution is -2.33. The summed E-state index contributed by atoms with van der Waals surface area (Å²) >= 11 is 1.51. The standard InChI is InChI=1S/C21H19FN4OS/c22-17-8-6-16(7-9-17)14-20(27)26(12-3-11-25-13-10-23-15-25)21-24-18-4-1-2-5-19(18)28-21/h1-2,4-10,13,15H,3,11-12,14H2. The minimum absolute atomic E-state index is 0.0451. The number of nitrogens with zero attached hydrogens (tertiary/aromatic N) is 4. The number of benzene rings is 2. The van der Waals surface area contributed by atoms with Gasteiger partial charge in [0.1, 0.15) is 5.82 Å². The molecular formula is C21H19FN4OS. The summed E-state index contributed by atoms with van der Waals surface area (Å²) in [5.41, 5.74) is 1.67. The van der Waals surface area contributed by atoms with Gasteiger partial charge in [0.15, 0.2) is 5.13 Å². The Labute approximate surface area is 166 Å². The van der Waals surface area contributed by atoms with Crippen LogP contribution in [0.15, 0.2) is 67.3 Å². The van der Waals surface area contributed by atoms with E-state index in [4.69, 9.17) is 0 Å². The highest BCUT2D eigenvalue weighted by Crippen LogP contribution is 2.29. The highest BCUT2D eigenvalue weighted by molar-refractivity contribution is 7.22. The van der Waals surface area contributed by atoms with Crippen molar-refractivity contribution in [3.05, 3.63) is 78.6 Å². The van der Waals surface area contributed by atoms with E-state index in [1.807, 2.05) is 35.0 Å². The molecule has 1 amide bonds. The molecule has 0 bridgehead atoms. The Bertz CT molecular complexity index is 1030. The number of rotatable bonds is 7. The van der Waals surface area contributed by atoms with Crippen LogP contribution in [0.1, 0.15) is 12.0 Å². The second-order valence-electron chi connectivity index (χ2n) is 6.47. The molecule has 0 saturated heterocycles. The molecule has 2 heterocycles. The average Bonchev–Trinajstić information content (AvgIpc) is 3.36. The molecule has 0 radical (unpaired) electrons. The maximum Gasteiger partial charge on any atom is 0.233 e. The van der Waals surface area contributed by atoms with Crippen molar-refractivity contribution in [3.8, 4) is 0 Å². The van der Waals surface area contributed by atoms with Gasteiger partial charge < -0.3 is 4.57 Å². The number of halogens is 1. The first kappa shape index (κ1) is 18.3. The molecule has 7 heteroatoms. The largest absolute Gasteiger partial charge is 0.337 e. The number of hydrogen-bond donors (Lipinski definition) is 0. The third-order valence-corrected chi connectivity index (χ3v) is 5.50. The summed E-state index contributed by atoms with van der Waals surface area (Å²) in [6, 6.07) is 13.9.